The summed E-state index contributed by atoms with van der Waals surface area (Å²) in [6, 6.07) is 0.239. The Hall–Kier alpha value is -0.280. The maximum atomic E-state index is 12.3. The van der Waals surface area contributed by atoms with Gasteiger partial charge < -0.3 is 11.1 Å². The van der Waals surface area contributed by atoms with Gasteiger partial charge in [0.15, 0.2) is 0 Å². The fourth-order valence-electron chi connectivity index (χ4n) is 5.44. The summed E-state index contributed by atoms with van der Waals surface area (Å²) < 4.78 is 0. The molecule has 21 heavy (non-hydrogen) atoms. The van der Waals surface area contributed by atoms with Crippen LogP contribution >= 0.6 is 12.4 Å². The van der Waals surface area contributed by atoms with Gasteiger partial charge in [0.05, 0.1) is 0 Å². The standard InChI is InChI=1S/C17H30N2O.ClH/c1-10(11(2)18)16(20)19-12(3)17-7-13-4-14(8-17)6-15(5-13)9-17;/h10-15H,4-9,18H2,1-3H3,(H,19,20);1H. The molecule has 0 spiro atoms. The van der Waals surface area contributed by atoms with Crippen molar-refractivity contribution in [3.8, 4) is 0 Å². The smallest absolute Gasteiger partial charge is 0.224 e. The first-order chi connectivity index (χ1) is 9.39. The van der Waals surface area contributed by atoms with Gasteiger partial charge in [-0.25, -0.2) is 0 Å². The van der Waals surface area contributed by atoms with Gasteiger partial charge in [-0.3, -0.25) is 4.79 Å². The van der Waals surface area contributed by atoms with Crippen LogP contribution in [0, 0.1) is 29.1 Å². The Morgan fingerprint density at radius 3 is 1.86 bits per heavy atom. The van der Waals surface area contributed by atoms with E-state index in [0.717, 1.165) is 17.8 Å². The van der Waals surface area contributed by atoms with E-state index >= 15 is 0 Å². The van der Waals surface area contributed by atoms with E-state index in [0.29, 0.717) is 11.5 Å². The Labute approximate surface area is 135 Å². The Balaban J connectivity index is 0.00000161. The first-order valence-corrected chi connectivity index (χ1v) is 8.45. The number of amides is 1. The minimum Gasteiger partial charge on any atom is -0.353 e. The third kappa shape index (κ3) is 3.10. The summed E-state index contributed by atoms with van der Waals surface area (Å²) in [4.78, 5) is 12.3. The quantitative estimate of drug-likeness (QED) is 0.837. The van der Waals surface area contributed by atoms with E-state index in [2.05, 4.69) is 12.2 Å². The van der Waals surface area contributed by atoms with Crippen molar-refractivity contribution in [1.29, 1.82) is 0 Å². The summed E-state index contributed by atoms with van der Waals surface area (Å²) in [6.07, 6.45) is 8.38. The van der Waals surface area contributed by atoms with Crippen LogP contribution in [0.2, 0.25) is 0 Å². The van der Waals surface area contributed by atoms with Crippen LogP contribution in [0.15, 0.2) is 0 Å². The monoisotopic (exact) mass is 314 g/mol. The van der Waals surface area contributed by atoms with Crippen LogP contribution in [0.3, 0.4) is 0 Å². The van der Waals surface area contributed by atoms with Crippen molar-refractivity contribution in [3.05, 3.63) is 0 Å². The van der Waals surface area contributed by atoms with Crippen LogP contribution in [-0.2, 0) is 4.79 Å². The van der Waals surface area contributed by atoms with Crippen LogP contribution < -0.4 is 11.1 Å². The van der Waals surface area contributed by atoms with E-state index in [1.807, 2.05) is 13.8 Å². The Morgan fingerprint density at radius 1 is 1.05 bits per heavy atom. The average Bonchev–Trinajstić information content (AvgIpc) is 2.35. The molecule has 3 atom stereocenters. The number of carbonyl (C=O) groups is 1. The number of hydrogen-bond acceptors (Lipinski definition) is 2. The molecule has 0 aliphatic heterocycles. The molecule has 1 amide bonds. The SMILES string of the molecule is CC(N)C(C)C(=O)NC(C)C12CC3CC(CC(C3)C1)C2.Cl. The molecule has 4 bridgehead atoms. The zero-order valence-electron chi connectivity index (χ0n) is 13.6. The lowest BCUT2D eigenvalue weighted by molar-refractivity contribution is -0.129. The lowest BCUT2D eigenvalue weighted by atomic mass is 9.48. The van der Waals surface area contributed by atoms with E-state index in [1.54, 1.807) is 0 Å². The van der Waals surface area contributed by atoms with E-state index < -0.39 is 0 Å². The summed E-state index contributed by atoms with van der Waals surface area (Å²) in [7, 11) is 0. The van der Waals surface area contributed by atoms with Crippen LogP contribution in [0.25, 0.3) is 0 Å². The van der Waals surface area contributed by atoms with E-state index in [1.165, 1.54) is 38.5 Å². The predicted octanol–water partition coefficient (Wildman–Crippen LogP) is 3.11. The second-order valence-corrected chi connectivity index (χ2v) is 8.16. The highest BCUT2D eigenvalue weighted by molar-refractivity contribution is 5.85. The molecule has 122 valence electrons. The summed E-state index contributed by atoms with van der Waals surface area (Å²) in [5, 5.41) is 3.30. The lowest BCUT2D eigenvalue weighted by Crippen LogP contribution is -2.57. The van der Waals surface area contributed by atoms with Gasteiger partial charge in [-0.05, 0) is 75.5 Å². The molecule has 0 saturated heterocycles. The van der Waals surface area contributed by atoms with Gasteiger partial charge in [0.25, 0.3) is 0 Å². The van der Waals surface area contributed by atoms with Crippen molar-refractivity contribution in [3.63, 3.8) is 0 Å². The zero-order valence-corrected chi connectivity index (χ0v) is 14.4. The fourth-order valence-corrected chi connectivity index (χ4v) is 5.44. The number of nitrogens with one attached hydrogen (secondary N) is 1. The Morgan fingerprint density at radius 2 is 1.48 bits per heavy atom. The summed E-state index contributed by atoms with van der Waals surface area (Å²) in [5.41, 5.74) is 6.25. The first-order valence-electron chi connectivity index (χ1n) is 8.45. The number of halogens is 1. The highest BCUT2D eigenvalue weighted by Crippen LogP contribution is 2.61. The van der Waals surface area contributed by atoms with Crippen molar-refractivity contribution in [1.82, 2.24) is 5.32 Å². The Bertz CT molecular complexity index is 361. The van der Waals surface area contributed by atoms with Crippen molar-refractivity contribution in [2.45, 2.75) is 71.4 Å². The zero-order chi connectivity index (χ0) is 14.5. The number of hydrogen-bond donors (Lipinski definition) is 2. The third-order valence-corrected chi connectivity index (χ3v) is 6.57. The van der Waals surface area contributed by atoms with E-state index in [4.69, 9.17) is 5.73 Å². The number of rotatable bonds is 4. The molecule has 0 aromatic carbocycles. The molecule has 4 heteroatoms. The molecular formula is C17H31ClN2O. The largest absolute Gasteiger partial charge is 0.353 e. The maximum Gasteiger partial charge on any atom is 0.224 e. The van der Waals surface area contributed by atoms with Crippen molar-refractivity contribution in [2.24, 2.45) is 34.8 Å². The van der Waals surface area contributed by atoms with E-state index in [9.17, 15) is 4.79 Å². The fraction of sp³-hybridized carbons (Fsp3) is 0.941. The predicted molar refractivity (Wildman–Crippen MR) is 88.3 cm³/mol. The molecule has 3 unspecified atom stereocenters. The summed E-state index contributed by atoms with van der Waals surface area (Å²) >= 11 is 0. The van der Waals surface area contributed by atoms with Crippen molar-refractivity contribution >= 4 is 18.3 Å². The van der Waals surface area contributed by atoms with E-state index in [-0.39, 0.29) is 30.3 Å². The molecule has 0 aromatic rings. The molecule has 4 fully saturated rings. The van der Waals surface area contributed by atoms with Gasteiger partial charge >= 0.3 is 0 Å². The van der Waals surface area contributed by atoms with Crippen LogP contribution in [0.5, 0.6) is 0 Å². The van der Waals surface area contributed by atoms with Gasteiger partial charge in [0.1, 0.15) is 0 Å². The van der Waals surface area contributed by atoms with Crippen LogP contribution in [-0.4, -0.2) is 18.0 Å². The highest BCUT2D eigenvalue weighted by atomic mass is 35.5. The summed E-state index contributed by atoms with van der Waals surface area (Å²) in [6.45, 7) is 6.09. The molecule has 4 rings (SSSR count). The summed E-state index contributed by atoms with van der Waals surface area (Å²) in [5.74, 6) is 2.86. The van der Waals surface area contributed by atoms with Crippen LogP contribution in [0.1, 0.15) is 59.3 Å². The van der Waals surface area contributed by atoms with Gasteiger partial charge in [-0.2, -0.15) is 0 Å². The van der Waals surface area contributed by atoms with Gasteiger partial charge in [0.2, 0.25) is 5.91 Å². The highest BCUT2D eigenvalue weighted by Gasteiger charge is 2.53. The minimum atomic E-state index is -0.0913. The van der Waals surface area contributed by atoms with Gasteiger partial charge in [-0.15, -0.1) is 12.4 Å². The second-order valence-electron chi connectivity index (χ2n) is 8.16. The van der Waals surface area contributed by atoms with Crippen molar-refractivity contribution in [2.75, 3.05) is 0 Å². The van der Waals surface area contributed by atoms with Gasteiger partial charge in [-0.1, -0.05) is 6.92 Å². The van der Waals surface area contributed by atoms with Crippen molar-refractivity contribution < 1.29 is 4.79 Å². The molecule has 4 aliphatic rings. The molecular weight excluding hydrogens is 284 g/mol. The first kappa shape index (κ1) is 17.1. The molecule has 3 N–H and O–H groups in total. The Kier molecular flexibility index (Phi) is 4.94. The molecule has 0 radical (unpaired) electrons. The molecule has 4 saturated carbocycles. The third-order valence-electron chi connectivity index (χ3n) is 6.57. The maximum absolute atomic E-state index is 12.3. The lowest BCUT2D eigenvalue weighted by Gasteiger charge is -2.59. The van der Waals surface area contributed by atoms with Crippen LogP contribution in [0.4, 0.5) is 0 Å². The van der Waals surface area contributed by atoms with Gasteiger partial charge in [0, 0.05) is 18.0 Å². The topological polar surface area (TPSA) is 55.1 Å². The second kappa shape index (κ2) is 6.08. The number of nitrogens with two attached hydrogens (primary N) is 1. The molecule has 4 aliphatic carbocycles. The minimum absolute atomic E-state index is 0. The molecule has 0 heterocycles. The molecule has 3 nitrogen and oxygen atoms in total. The number of carbonyl (C=O) groups excluding carboxylic acids is 1. The normalized spacial score (nSPS) is 41.0. The average molecular weight is 315 g/mol. The molecule has 0 aromatic heterocycles.